The molecule has 4 aromatic rings. The van der Waals surface area contributed by atoms with Gasteiger partial charge in [-0.15, -0.1) is 0 Å². The van der Waals surface area contributed by atoms with E-state index in [4.69, 9.17) is 18.9 Å². The van der Waals surface area contributed by atoms with Gasteiger partial charge < -0.3 is 34.5 Å². The zero-order valence-electron chi connectivity index (χ0n) is 39.6. The predicted molar refractivity (Wildman–Crippen MR) is 255 cm³/mol. The number of esters is 4. The Kier molecular flexibility index (Phi) is 26.8. The summed E-state index contributed by atoms with van der Waals surface area (Å²) in [6, 6.07) is 26.4. The van der Waals surface area contributed by atoms with Crippen LogP contribution in [0.3, 0.4) is 0 Å². The van der Waals surface area contributed by atoms with Crippen LogP contribution in [-0.4, -0.2) is 66.1 Å². The van der Waals surface area contributed by atoms with Gasteiger partial charge in [0, 0.05) is 52.5 Å². The number of nitrogens with one attached hydrogen (secondary N) is 2. The van der Waals surface area contributed by atoms with E-state index in [2.05, 4.69) is 31.4 Å². The minimum Gasteiger partial charge on any atom is -0.426 e. The standard InChI is InChI=1S/C18H27NO3.C17H15NO5.C17H25NO3/c1-3-5-6-7-8-11-14-19-18(21)15-12-9-10-13-16(15)22-17(20)4-2;1-11(19)18-13-7-9-14(10-8-13)23-17(21)15-5-3-4-6-16(15)22-12(2)20;1-4-6-12-18(13-7-5-2)17(20)15-10-8-9-11-16(15)21-14(3)19/h9-10,12-13H,3-8,11,14H2,1-2H3,(H,19,21);3-10H,1-2H3,(H,18,19);8-11H,4-7,12-13H2,1-3H3. The Hall–Kier alpha value is -6.83. The van der Waals surface area contributed by atoms with Crippen LogP contribution < -0.4 is 29.6 Å². The molecule has 14 nitrogen and oxygen atoms in total. The molecule has 356 valence electrons. The van der Waals surface area contributed by atoms with E-state index in [-0.39, 0.29) is 41.4 Å². The molecule has 0 bridgehead atoms. The van der Waals surface area contributed by atoms with Crippen LogP contribution in [-0.2, 0) is 19.2 Å². The van der Waals surface area contributed by atoms with Crippen LogP contribution in [0.25, 0.3) is 0 Å². The maximum atomic E-state index is 12.7. The Morgan fingerprint density at radius 3 is 1.48 bits per heavy atom. The lowest BCUT2D eigenvalue weighted by Crippen LogP contribution is -2.33. The molecule has 66 heavy (non-hydrogen) atoms. The number of hydrogen-bond donors (Lipinski definition) is 2. The summed E-state index contributed by atoms with van der Waals surface area (Å²) in [5.74, 6) is -1.24. The smallest absolute Gasteiger partial charge is 0.347 e. The third-order valence-electron chi connectivity index (χ3n) is 9.43. The van der Waals surface area contributed by atoms with E-state index in [1.807, 2.05) is 4.90 Å². The Morgan fingerprint density at radius 1 is 0.500 bits per heavy atom. The summed E-state index contributed by atoms with van der Waals surface area (Å²) in [7, 11) is 0. The normalized spacial score (nSPS) is 10.1. The second-order valence-corrected chi connectivity index (χ2v) is 15.1. The number of ether oxygens (including phenoxy) is 4. The van der Waals surface area contributed by atoms with Crippen molar-refractivity contribution >= 4 is 47.3 Å². The van der Waals surface area contributed by atoms with E-state index in [1.54, 1.807) is 91.9 Å². The maximum Gasteiger partial charge on any atom is 0.347 e. The number of hydrogen-bond acceptors (Lipinski definition) is 11. The lowest BCUT2D eigenvalue weighted by atomic mass is 10.1. The zero-order valence-corrected chi connectivity index (χ0v) is 39.6. The van der Waals surface area contributed by atoms with Gasteiger partial charge in [0.15, 0.2) is 0 Å². The lowest BCUT2D eigenvalue weighted by Gasteiger charge is -2.23. The van der Waals surface area contributed by atoms with E-state index >= 15 is 0 Å². The number of anilines is 1. The second-order valence-electron chi connectivity index (χ2n) is 15.1. The summed E-state index contributed by atoms with van der Waals surface area (Å²) in [6.45, 7) is 14.3. The fraction of sp³-hybridized carbons (Fsp3) is 0.404. The Morgan fingerprint density at radius 2 is 0.970 bits per heavy atom. The summed E-state index contributed by atoms with van der Waals surface area (Å²) in [6.07, 6.45) is 11.4. The number of carbonyl (C=O) groups excluding carboxylic acids is 7. The van der Waals surface area contributed by atoms with Gasteiger partial charge in [0.05, 0.1) is 11.1 Å². The van der Waals surface area contributed by atoms with Crippen molar-refractivity contribution < 1.29 is 52.5 Å². The highest BCUT2D eigenvalue weighted by molar-refractivity contribution is 5.98. The fourth-order valence-electron chi connectivity index (χ4n) is 6.06. The number of rotatable bonds is 22. The van der Waals surface area contributed by atoms with Crippen LogP contribution in [0.15, 0.2) is 97.1 Å². The number of carbonyl (C=O) groups is 7. The van der Waals surface area contributed by atoms with Crippen molar-refractivity contribution in [1.29, 1.82) is 0 Å². The fourth-order valence-corrected chi connectivity index (χ4v) is 6.06. The molecule has 4 aromatic carbocycles. The summed E-state index contributed by atoms with van der Waals surface area (Å²) in [5.41, 5.74) is 1.61. The van der Waals surface area contributed by atoms with Crippen molar-refractivity contribution in [2.45, 2.75) is 119 Å². The van der Waals surface area contributed by atoms with E-state index < -0.39 is 17.9 Å². The van der Waals surface area contributed by atoms with E-state index in [9.17, 15) is 33.6 Å². The molecule has 0 saturated carbocycles. The van der Waals surface area contributed by atoms with Crippen LogP contribution in [0.1, 0.15) is 150 Å². The van der Waals surface area contributed by atoms with Crippen molar-refractivity contribution in [2.24, 2.45) is 0 Å². The molecule has 0 atom stereocenters. The summed E-state index contributed by atoms with van der Waals surface area (Å²) >= 11 is 0. The zero-order chi connectivity index (χ0) is 48.7. The van der Waals surface area contributed by atoms with Crippen molar-refractivity contribution in [3.63, 3.8) is 0 Å². The van der Waals surface area contributed by atoms with Gasteiger partial charge in [-0.05, 0) is 79.9 Å². The summed E-state index contributed by atoms with van der Waals surface area (Å²) in [4.78, 5) is 83.5. The van der Waals surface area contributed by atoms with Crippen molar-refractivity contribution in [1.82, 2.24) is 10.2 Å². The van der Waals surface area contributed by atoms with Crippen LogP contribution in [0.4, 0.5) is 5.69 Å². The Labute approximate surface area is 389 Å². The highest BCUT2D eigenvalue weighted by atomic mass is 16.6. The molecule has 0 unspecified atom stereocenters. The third kappa shape index (κ3) is 21.7. The minimum absolute atomic E-state index is 0.0613. The van der Waals surface area contributed by atoms with Crippen molar-refractivity contribution in [2.75, 3.05) is 25.0 Å². The first-order valence-corrected chi connectivity index (χ1v) is 22.8. The average Bonchev–Trinajstić information content (AvgIpc) is 3.29. The predicted octanol–water partition coefficient (Wildman–Crippen LogP) is 10.5. The van der Waals surface area contributed by atoms with Gasteiger partial charge in [0.1, 0.15) is 28.6 Å². The molecule has 0 aliphatic carbocycles. The molecule has 0 aromatic heterocycles. The third-order valence-corrected chi connectivity index (χ3v) is 9.43. The number of benzene rings is 4. The molecule has 0 radical (unpaired) electrons. The molecule has 3 amide bonds. The molecule has 0 saturated heterocycles. The number of nitrogens with zero attached hydrogens (tertiary/aromatic N) is 1. The molecule has 14 heteroatoms. The first-order valence-electron chi connectivity index (χ1n) is 22.8. The molecule has 2 N–H and O–H groups in total. The van der Waals surface area contributed by atoms with Crippen LogP contribution >= 0.6 is 0 Å². The summed E-state index contributed by atoms with van der Waals surface area (Å²) in [5, 5.41) is 5.50. The van der Waals surface area contributed by atoms with Crippen molar-refractivity contribution in [3.05, 3.63) is 114 Å². The molecule has 4 rings (SSSR count). The molecule has 0 heterocycles. The van der Waals surface area contributed by atoms with Gasteiger partial charge in [-0.25, -0.2) is 4.79 Å². The Balaban J connectivity index is 0.000000341. The number of unbranched alkanes of at least 4 members (excludes halogenated alkanes) is 7. The van der Waals surface area contributed by atoms with Crippen LogP contribution in [0, 0.1) is 0 Å². The lowest BCUT2D eigenvalue weighted by molar-refractivity contribution is -0.134. The van der Waals surface area contributed by atoms with Gasteiger partial charge in [0.25, 0.3) is 11.8 Å². The highest BCUT2D eigenvalue weighted by Gasteiger charge is 2.20. The first kappa shape index (κ1) is 55.3. The molecule has 0 aliphatic rings. The molecular formula is C52H67N3O11. The van der Waals surface area contributed by atoms with Gasteiger partial charge in [-0.2, -0.15) is 0 Å². The highest BCUT2D eigenvalue weighted by Crippen LogP contribution is 2.24. The molecule has 0 fully saturated rings. The SMILES string of the molecule is CC(=O)Nc1ccc(OC(=O)c2ccccc2OC(C)=O)cc1.CCCCCCCCNC(=O)c1ccccc1OC(=O)CC.CCCCN(CCCC)C(=O)c1ccccc1OC(C)=O. The van der Waals surface area contributed by atoms with Gasteiger partial charge in [-0.1, -0.05) is 109 Å². The minimum atomic E-state index is -0.644. The molecule has 0 spiro atoms. The summed E-state index contributed by atoms with van der Waals surface area (Å²) < 4.78 is 20.5. The largest absolute Gasteiger partial charge is 0.426 e. The molecule has 0 aliphatic heterocycles. The van der Waals surface area contributed by atoms with Crippen LogP contribution in [0.2, 0.25) is 0 Å². The van der Waals surface area contributed by atoms with Crippen molar-refractivity contribution in [3.8, 4) is 23.0 Å². The van der Waals surface area contributed by atoms with Gasteiger partial charge in [0.2, 0.25) is 5.91 Å². The molecular weight excluding hydrogens is 843 g/mol. The quantitative estimate of drug-likeness (QED) is 0.0434. The van der Waals surface area contributed by atoms with Gasteiger partial charge in [-0.3, -0.25) is 28.8 Å². The topological polar surface area (TPSA) is 184 Å². The van der Waals surface area contributed by atoms with Gasteiger partial charge >= 0.3 is 23.9 Å². The number of para-hydroxylation sites is 3. The van der Waals surface area contributed by atoms with E-state index in [1.165, 1.54) is 58.6 Å². The van der Waals surface area contributed by atoms with E-state index in [0.29, 0.717) is 40.6 Å². The monoisotopic (exact) mass is 909 g/mol. The van der Waals surface area contributed by atoms with E-state index in [0.717, 1.165) is 51.6 Å². The number of amides is 3. The first-order chi connectivity index (χ1) is 31.7. The maximum absolute atomic E-state index is 12.7. The Bertz CT molecular complexity index is 2150. The average molecular weight is 910 g/mol. The second kappa shape index (κ2) is 31.9. The van der Waals surface area contributed by atoms with Crippen LogP contribution in [0.5, 0.6) is 23.0 Å².